The van der Waals surface area contributed by atoms with Crippen molar-refractivity contribution in [3.05, 3.63) is 0 Å². The van der Waals surface area contributed by atoms with Crippen LogP contribution in [0.25, 0.3) is 0 Å². The van der Waals surface area contributed by atoms with Gasteiger partial charge in [0, 0.05) is 0 Å². The zero-order valence-corrected chi connectivity index (χ0v) is 9.62. The van der Waals surface area contributed by atoms with Gasteiger partial charge in [0.1, 0.15) is 0 Å². The average Bonchev–Trinajstić information content (AvgIpc) is 2.03. The van der Waals surface area contributed by atoms with Crippen LogP contribution in [0.15, 0.2) is 0 Å². The molecular weight excluding hydrogens is 180 g/mol. The molecule has 0 aromatic rings. The molecule has 3 heteroatoms. The van der Waals surface area contributed by atoms with E-state index in [9.17, 15) is 9.90 Å². The largest absolute Gasteiger partial charge is 0.463 e. The molecule has 0 aliphatic rings. The summed E-state index contributed by atoms with van der Waals surface area (Å²) in [6, 6.07) is 0. The average molecular weight is 202 g/mol. The van der Waals surface area contributed by atoms with Crippen LogP contribution in [0.4, 0.5) is 0 Å². The van der Waals surface area contributed by atoms with Crippen LogP contribution in [-0.2, 0) is 9.53 Å². The van der Waals surface area contributed by atoms with E-state index in [-0.39, 0.29) is 24.4 Å². The molecule has 0 aromatic heterocycles. The number of aliphatic hydroxyl groups excluding tert-OH is 1. The Labute approximate surface area is 86.5 Å². The van der Waals surface area contributed by atoms with Gasteiger partial charge in [-0.3, -0.25) is 4.79 Å². The zero-order chi connectivity index (χ0) is 11.1. The molecule has 0 rings (SSSR count). The Kier molecular flexibility index (Phi) is 6.54. The minimum atomic E-state index is -0.587. The number of hydrogen-bond acceptors (Lipinski definition) is 3. The molecule has 2 unspecified atom stereocenters. The lowest BCUT2D eigenvalue weighted by Gasteiger charge is -2.16. The van der Waals surface area contributed by atoms with Gasteiger partial charge < -0.3 is 9.84 Å². The first-order valence-corrected chi connectivity index (χ1v) is 5.34. The Morgan fingerprint density at radius 2 is 1.93 bits per heavy atom. The molecule has 0 saturated heterocycles. The number of ether oxygens (including phenoxy) is 1. The topological polar surface area (TPSA) is 46.5 Å². The monoisotopic (exact) mass is 202 g/mol. The van der Waals surface area contributed by atoms with Crippen LogP contribution in [0, 0.1) is 5.92 Å². The summed E-state index contributed by atoms with van der Waals surface area (Å²) >= 11 is 0. The van der Waals surface area contributed by atoms with Crippen LogP contribution >= 0.6 is 0 Å². The van der Waals surface area contributed by atoms with E-state index < -0.39 is 6.10 Å². The molecule has 1 N–H and O–H groups in total. The zero-order valence-electron chi connectivity index (χ0n) is 9.62. The molecule has 0 aromatic carbocycles. The number of carbonyl (C=O) groups excluding carboxylic acids is 1. The van der Waals surface area contributed by atoms with Crippen LogP contribution in [0.3, 0.4) is 0 Å². The third-order valence-corrected chi connectivity index (χ3v) is 2.17. The Hall–Kier alpha value is -0.570. The molecule has 3 nitrogen and oxygen atoms in total. The SMILES string of the molecule is CCCC(C)OC(=O)CC(O)C(C)C. The molecule has 0 spiro atoms. The number of carbonyl (C=O) groups is 1. The third kappa shape index (κ3) is 5.97. The molecule has 14 heavy (non-hydrogen) atoms. The molecule has 0 radical (unpaired) electrons. The van der Waals surface area contributed by atoms with Crippen LogP contribution in [-0.4, -0.2) is 23.3 Å². The van der Waals surface area contributed by atoms with Crippen LogP contribution in [0.5, 0.6) is 0 Å². The highest BCUT2D eigenvalue weighted by Gasteiger charge is 2.16. The fraction of sp³-hybridized carbons (Fsp3) is 0.909. The molecular formula is C11H22O3. The molecule has 2 atom stereocenters. The maximum atomic E-state index is 11.3. The minimum absolute atomic E-state index is 0.0353. The second-order valence-corrected chi connectivity index (χ2v) is 4.10. The van der Waals surface area contributed by atoms with E-state index in [0.29, 0.717) is 0 Å². The van der Waals surface area contributed by atoms with Gasteiger partial charge in [0.15, 0.2) is 0 Å². The van der Waals surface area contributed by atoms with Gasteiger partial charge >= 0.3 is 5.97 Å². The lowest BCUT2D eigenvalue weighted by atomic mass is 10.0. The summed E-state index contributed by atoms with van der Waals surface area (Å²) in [5, 5.41) is 9.44. The van der Waals surface area contributed by atoms with Crippen molar-refractivity contribution in [3.63, 3.8) is 0 Å². The summed E-state index contributed by atoms with van der Waals surface area (Å²) < 4.78 is 5.11. The summed E-state index contributed by atoms with van der Waals surface area (Å²) in [5.74, 6) is -0.198. The van der Waals surface area contributed by atoms with Crippen molar-refractivity contribution in [2.45, 2.75) is 59.2 Å². The van der Waals surface area contributed by atoms with E-state index in [4.69, 9.17) is 4.74 Å². The maximum absolute atomic E-state index is 11.3. The highest BCUT2D eigenvalue weighted by molar-refractivity contribution is 5.70. The highest BCUT2D eigenvalue weighted by atomic mass is 16.5. The van der Waals surface area contributed by atoms with Gasteiger partial charge in [0.25, 0.3) is 0 Å². The van der Waals surface area contributed by atoms with Crippen LogP contribution < -0.4 is 0 Å². The number of aliphatic hydroxyl groups is 1. The second kappa shape index (κ2) is 6.82. The highest BCUT2D eigenvalue weighted by Crippen LogP contribution is 2.09. The fourth-order valence-corrected chi connectivity index (χ4v) is 1.14. The van der Waals surface area contributed by atoms with Crippen molar-refractivity contribution < 1.29 is 14.6 Å². The molecule has 0 aliphatic heterocycles. The Morgan fingerprint density at radius 3 is 2.36 bits per heavy atom. The molecule has 0 aliphatic carbocycles. The first kappa shape index (κ1) is 13.4. The van der Waals surface area contributed by atoms with Gasteiger partial charge in [-0.05, 0) is 19.3 Å². The Morgan fingerprint density at radius 1 is 1.36 bits per heavy atom. The van der Waals surface area contributed by atoms with Gasteiger partial charge in [-0.1, -0.05) is 27.2 Å². The van der Waals surface area contributed by atoms with Crippen LogP contribution in [0.1, 0.15) is 47.0 Å². The molecule has 0 heterocycles. The van der Waals surface area contributed by atoms with E-state index in [0.717, 1.165) is 12.8 Å². The van der Waals surface area contributed by atoms with Crippen molar-refractivity contribution >= 4 is 5.97 Å². The normalized spacial score (nSPS) is 15.3. The number of hydrogen-bond donors (Lipinski definition) is 1. The molecule has 0 bridgehead atoms. The Balaban J connectivity index is 3.75. The molecule has 0 saturated carbocycles. The first-order chi connectivity index (χ1) is 6.47. The van der Waals surface area contributed by atoms with Gasteiger partial charge in [0.05, 0.1) is 18.6 Å². The standard InChI is InChI=1S/C11H22O3/c1-5-6-9(4)14-11(13)7-10(12)8(2)3/h8-10,12H,5-7H2,1-4H3. The molecule has 0 amide bonds. The van der Waals surface area contributed by atoms with Gasteiger partial charge in [0.2, 0.25) is 0 Å². The van der Waals surface area contributed by atoms with Gasteiger partial charge in [-0.2, -0.15) is 0 Å². The Bertz CT molecular complexity index is 166. The summed E-state index contributed by atoms with van der Waals surface area (Å²) in [6.07, 6.45) is 1.36. The lowest BCUT2D eigenvalue weighted by molar-refractivity contribution is -0.151. The predicted molar refractivity (Wildman–Crippen MR) is 55.9 cm³/mol. The third-order valence-electron chi connectivity index (χ3n) is 2.17. The van der Waals surface area contributed by atoms with Crippen molar-refractivity contribution in [2.24, 2.45) is 5.92 Å². The van der Waals surface area contributed by atoms with Crippen molar-refractivity contribution in [3.8, 4) is 0 Å². The summed E-state index contributed by atoms with van der Waals surface area (Å²) in [4.78, 5) is 11.3. The molecule has 84 valence electrons. The van der Waals surface area contributed by atoms with E-state index in [2.05, 4.69) is 0 Å². The quantitative estimate of drug-likeness (QED) is 0.671. The van der Waals surface area contributed by atoms with E-state index >= 15 is 0 Å². The summed E-state index contributed by atoms with van der Waals surface area (Å²) in [5.41, 5.74) is 0. The molecule has 0 fully saturated rings. The fourth-order valence-electron chi connectivity index (χ4n) is 1.14. The van der Waals surface area contributed by atoms with Gasteiger partial charge in [-0.25, -0.2) is 0 Å². The smallest absolute Gasteiger partial charge is 0.308 e. The second-order valence-electron chi connectivity index (χ2n) is 4.10. The van der Waals surface area contributed by atoms with Crippen molar-refractivity contribution in [1.82, 2.24) is 0 Å². The predicted octanol–water partition coefficient (Wildman–Crippen LogP) is 2.13. The van der Waals surface area contributed by atoms with Crippen LogP contribution in [0.2, 0.25) is 0 Å². The van der Waals surface area contributed by atoms with Crippen molar-refractivity contribution in [1.29, 1.82) is 0 Å². The van der Waals surface area contributed by atoms with E-state index in [1.54, 1.807) is 0 Å². The minimum Gasteiger partial charge on any atom is -0.463 e. The van der Waals surface area contributed by atoms with E-state index in [1.807, 2.05) is 27.7 Å². The summed E-state index contributed by atoms with van der Waals surface area (Å²) in [7, 11) is 0. The summed E-state index contributed by atoms with van der Waals surface area (Å²) in [6.45, 7) is 7.69. The maximum Gasteiger partial charge on any atom is 0.308 e. The number of esters is 1. The van der Waals surface area contributed by atoms with Crippen molar-refractivity contribution in [2.75, 3.05) is 0 Å². The van der Waals surface area contributed by atoms with E-state index in [1.165, 1.54) is 0 Å². The number of rotatable bonds is 6. The lowest BCUT2D eigenvalue weighted by Crippen LogP contribution is -2.23. The first-order valence-electron chi connectivity index (χ1n) is 5.34. The van der Waals surface area contributed by atoms with Gasteiger partial charge in [-0.15, -0.1) is 0 Å².